The molecule has 3 aliphatic rings. The van der Waals surface area contributed by atoms with Crippen molar-refractivity contribution in [3.05, 3.63) is 48.0 Å². The van der Waals surface area contributed by atoms with Crippen molar-refractivity contribution in [2.45, 2.75) is 31.3 Å². The number of fused-ring (bicyclic) bond motifs is 1. The smallest absolute Gasteiger partial charge is 0.254 e. The Kier molecular flexibility index (Phi) is 5.10. The van der Waals surface area contributed by atoms with E-state index in [4.69, 9.17) is 4.52 Å². The second-order valence-corrected chi connectivity index (χ2v) is 9.70. The lowest BCUT2D eigenvalue weighted by atomic mass is 10.0. The molecular weight excluding hydrogens is 448 g/mol. The van der Waals surface area contributed by atoms with E-state index >= 15 is 0 Å². The number of piperazine rings is 1. The third-order valence-electron chi connectivity index (χ3n) is 7.10. The van der Waals surface area contributed by atoms with Gasteiger partial charge in [0, 0.05) is 37.7 Å². The van der Waals surface area contributed by atoms with Crippen molar-refractivity contribution in [1.29, 1.82) is 0 Å². The van der Waals surface area contributed by atoms with Crippen molar-refractivity contribution in [3.63, 3.8) is 0 Å². The number of hydrogen-bond donors (Lipinski definition) is 2. The molecular formula is C26H26N4O5. The second kappa shape index (κ2) is 8.20. The fourth-order valence-corrected chi connectivity index (χ4v) is 4.50. The van der Waals surface area contributed by atoms with Crippen LogP contribution in [0.25, 0.3) is 22.1 Å². The molecule has 3 fully saturated rings. The molecule has 2 N–H and O–H groups in total. The maximum absolute atomic E-state index is 13.0. The molecule has 1 aliphatic heterocycles. The van der Waals surface area contributed by atoms with Crippen molar-refractivity contribution in [1.82, 2.24) is 15.0 Å². The minimum absolute atomic E-state index is 0.0160. The lowest BCUT2D eigenvalue weighted by Gasteiger charge is -2.35. The average molecular weight is 475 g/mol. The van der Waals surface area contributed by atoms with Crippen LogP contribution in [0.2, 0.25) is 0 Å². The Hall–Kier alpha value is -3.72. The minimum atomic E-state index is -1.16. The van der Waals surface area contributed by atoms with Gasteiger partial charge >= 0.3 is 0 Å². The van der Waals surface area contributed by atoms with Crippen molar-refractivity contribution in [3.8, 4) is 11.1 Å². The zero-order valence-corrected chi connectivity index (χ0v) is 19.2. The van der Waals surface area contributed by atoms with Gasteiger partial charge in [-0.05, 0) is 61.1 Å². The molecule has 0 spiro atoms. The predicted molar refractivity (Wildman–Crippen MR) is 127 cm³/mol. The van der Waals surface area contributed by atoms with Crippen LogP contribution in [0.15, 0.2) is 47.0 Å². The van der Waals surface area contributed by atoms with Gasteiger partial charge in [-0.15, -0.1) is 0 Å². The van der Waals surface area contributed by atoms with Gasteiger partial charge < -0.3 is 24.7 Å². The van der Waals surface area contributed by atoms with E-state index < -0.39 is 5.60 Å². The van der Waals surface area contributed by atoms with Crippen molar-refractivity contribution in [2.24, 2.45) is 5.92 Å². The lowest BCUT2D eigenvalue weighted by Crippen LogP contribution is -2.53. The molecule has 2 aliphatic carbocycles. The zero-order valence-electron chi connectivity index (χ0n) is 19.2. The second-order valence-electron chi connectivity index (χ2n) is 9.70. The van der Waals surface area contributed by atoms with Crippen LogP contribution in [0.3, 0.4) is 0 Å². The summed E-state index contributed by atoms with van der Waals surface area (Å²) in [5.41, 5.74) is 1.84. The Balaban J connectivity index is 1.11. The number of anilines is 1. The molecule has 2 heterocycles. The van der Waals surface area contributed by atoms with Crippen molar-refractivity contribution < 1.29 is 24.0 Å². The SMILES string of the molecule is O=C(Nc1noc2cc(-c3ccc(C(=O)N4CCN(C(=O)C5(O)CC5)CC4)cc3)ccc12)C1CC1. The topological polar surface area (TPSA) is 116 Å². The summed E-state index contributed by atoms with van der Waals surface area (Å²) < 4.78 is 5.43. The predicted octanol–water partition coefficient (Wildman–Crippen LogP) is 2.65. The van der Waals surface area contributed by atoms with Gasteiger partial charge in [-0.3, -0.25) is 14.4 Å². The van der Waals surface area contributed by atoms with Crippen LogP contribution in [0.4, 0.5) is 5.82 Å². The molecule has 0 radical (unpaired) electrons. The third kappa shape index (κ3) is 4.16. The largest absolute Gasteiger partial charge is 0.380 e. The highest BCUT2D eigenvalue weighted by Crippen LogP contribution is 2.37. The summed E-state index contributed by atoms with van der Waals surface area (Å²) in [6.45, 7) is 1.77. The van der Waals surface area contributed by atoms with Crippen molar-refractivity contribution >= 4 is 34.5 Å². The molecule has 9 heteroatoms. The number of benzene rings is 2. The van der Waals surface area contributed by atoms with E-state index in [0.29, 0.717) is 56.0 Å². The van der Waals surface area contributed by atoms with E-state index in [0.717, 1.165) is 29.4 Å². The van der Waals surface area contributed by atoms with Crippen LogP contribution in [-0.2, 0) is 9.59 Å². The minimum Gasteiger partial charge on any atom is -0.380 e. The standard InChI is InChI=1S/C26H26N4O5/c31-23(17-3-4-17)27-22-20-8-7-19(15-21(20)35-28-22)16-1-5-18(6-2-16)24(32)29-11-13-30(14-12-29)25(33)26(34)9-10-26/h1-2,5-8,15,17,34H,3-4,9-14H2,(H,27,28,31). The van der Waals surface area contributed by atoms with Crippen LogP contribution in [0, 0.1) is 5.92 Å². The van der Waals surface area contributed by atoms with Gasteiger partial charge in [0.25, 0.3) is 11.8 Å². The molecule has 0 atom stereocenters. The monoisotopic (exact) mass is 474 g/mol. The van der Waals surface area contributed by atoms with Crippen LogP contribution in [-0.4, -0.2) is 69.6 Å². The van der Waals surface area contributed by atoms with Gasteiger partial charge in [0.1, 0.15) is 5.60 Å². The van der Waals surface area contributed by atoms with Gasteiger partial charge in [0.2, 0.25) is 5.91 Å². The van der Waals surface area contributed by atoms with E-state index in [2.05, 4.69) is 10.5 Å². The summed E-state index contributed by atoms with van der Waals surface area (Å²) in [5, 5.41) is 17.6. The van der Waals surface area contributed by atoms with Crippen LogP contribution >= 0.6 is 0 Å². The van der Waals surface area contributed by atoms with Crippen molar-refractivity contribution in [2.75, 3.05) is 31.5 Å². The van der Waals surface area contributed by atoms with E-state index in [1.54, 1.807) is 21.9 Å². The Morgan fingerprint density at radius 2 is 1.60 bits per heavy atom. The highest BCUT2D eigenvalue weighted by molar-refractivity contribution is 6.01. The molecule has 9 nitrogen and oxygen atoms in total. The van der Waals surface area contributed by atoms with Crippen LogP contribution < -0.4 is 5.32 Å². The van der Waals surface area contributed by atoms with Crippen LogP contribution in [0.1, 0.15) is 36.0 Å². The molecule has 3 aromatic rings. The third-order valence-corrected chi connectivity index (χ3v) is 7.10. The maximum atomic E-state index is 13.0. The van der Waals surface area contributed by atoms with E-state index in [1.807, 2.05) is 30.3 Å². The molecule has 180 valence electrons. The Labute approximate surface area is 201 Å². The highest BCUT2D eigenvalue weighted by atomic mass is 16.5. The number of nitrogens with zero attached hydrogens (tertiary/aromatic N) is 3. The number of amides is 3. The molecule has 35 heavy (non-hydrogen) atoms. The number of hydrogen-bond acceptors (Lipinski definition) is 6. The number of carbonyl (C=O) groups is 3. The van der Waals surface area contributed by atoms with Gasteiger partial charge in [-0.25, -0.2) is 0 Å². The number of aromatic nitrogens is 1. The maximum Gasteiger partial charge on any atom is 0.254 e. The van der Waals surface area contributed by atoms with E-state index in [1.165, 1.54) is 0 Å². The fourth-order valence-electron chi connectivity index (χ4n) is 4.50. The summed E-state index contributed by atoms with van der Waals surface area (Å²) in [6, 6.07) is 13.1. The summed E-state index contributed by atoms with van der Waals surface area (Å²) in [7, 11) is 0. The quantitative estimate of drug-likeness (QED) is 0.587. The molecule has 1 aromatic heterocycles. The molecule has 2 aromatic carbocycles. The van der Waals surface area contributed by atoms with E-state index in [9.17, 15) is 19.5 Å². The Morgan fingerprint density at radius 3 is 2.26 bits per heavy atom. The first-order valence-electron chi connectivity index (χ1n) is 12.0. The summed E-state index contributed by atoms with van der Waals surface area (Å²) >= 11 is 0. The molecule has 6 rings (SSSR count). The van der Waals surface area contributed by atoms with Gasteiger partial charge in [0.05, 0.1) is 5.39 Å². The fraction of sp³-hybridized carbons (Fsp3) is 0.385. The van der Waals surface area contributed by atoms with Crippen LogP contribution in [0.5, 0.6) is 0 Å². The lowest BCUT2D eigenvalue weighted by molar-refractivity contribution is -0.143. The molecule has 2 saturated carbocycles. The summed E-state index contributed by atoms with van der Waals surface area (Å²) in [6.07, 6.45) is 2.90. The van der Waals surface area contributed by atoms with Gasteiger partial charge in [-0.1, -0.05) is 23.4 Å². The van der Waals surface area contributed by atoms with E-state index in [-0.39, 0.29) is 23.6 Å². The zero-order chi connectivity index (χ0) is 24.2. The highest BCUT2D eigenvalue weighted by Gasteiger charge is 2.50. The average Bonchev–Trinajstić information content (AvgIpc) is 3.83. The normalized spacial score (nSPS) is 19.0. The number of rotatable bonds is 5. The summed E-state index contributed by atoms with van der Waals surface area (Å²) in [4.78, 5) is 40.7. The number of carbonyl (C=O) groups excluding carboxylic acids is 3. The summed E-state index contributed by atoms with van der Waals surface area (Å²) in [5.74, 6) is 0.227. The first-order valence-corrected chi connectivity index (χ1v) is 12.0. The first-order chi connectivity index (χ1) is 16.9. The molecule has 0 unspecified atom stereocenters. The first kappa shape index (κ1) is 21.8. The Morgan fingerprint density at radius 1 is 0.943 bits per heavy atom. The van der Waals surface area contributed by atoms with Gasteiger partial charge in [-0.2, -0.15) is 0 Å². The number of nitrogens with one attached hydrogen (secondary N) is 1. The molecule has 3 amide bonds. The molecule has 1 saturated heterocycles. The van der Waals surface area contributed by atoms with Gasteiger partial charge in [0.15, 0.2) is 11.4 Å². The Bertz CT molecular complexity index is 1320. The molecule has 0 bridgehead atoms. The number of aliphatic hydroxyl groups is 1.